The zero-order valence-electron chi connectivity index (χ0n) is 16.4. The molecule has 3 heterocycles. The van der Waals surface area contributed by atoms with Gasteiger partial charge in [0.05, 0.1) is 30.9 Å². The van der Waals surface area contributed by atoms with Crippen LogP contribution in [0.3, 0.4) is 0 Å². The summed E-state index contributed by atoms with van der Waals surface area (Å²) >= 11 is 0. The van der Waals surface area contributed by atoms with Crippen LogP contribution in [-0.4, -0.2) is 42.8 Å². The van der Waals surface area contributed by atoms with Crippen molar-refractivity contribution in [2.24, 2.45) is 7.05 Å². The van der Waals surface area contributed by atoms with Gasteiger partial charge in [-0.15, -0.1) is 5.10 Å². The largest absolute Gasteiger partial charge is 0.464 e. The number of aryl methyl sites for hydroxylation is 1. The summed E-state index contributed by atoms with van der Waals surface area (Å²) in [4.78, 5) is 29.7. The number of rotatable bonds is 4. The van der Waals surface area contributed by atoms with Crippen molar-refractivity contribution in [1.29, 1.82) is 0 Å². The zero-order chi connectivity index (χ0) is 20.4. The van der Waals surface area contributed by atoms with Gasteiger partial charge >= 0.3 is 5.97 Å². The molecular formula is C20H22N6O3. The lowest BCUT2D eigenvalue weighted by molar-refractivity contribution is 0.0591. The van der Waals surface area contributed by atoms with Gasteiger partial charge in [0, 0.05) is 24.4 Å². The maximum Gasteiger partial charge on any atom is 0.358 e. The maximum atomic E-state index is 13.3. The summed E-state index contributed by atoms with van der Waals surface area (Å²) in [5.41, 5.74) is 2.45. The van der Waals surface area contributed by atoms with E-state index in [0.29, 0.717) is 11.3 Å². The Hall–Kier alpha value is -3.36. The standard InChI is InChI=1S/C20H22N6O3/c1-25-18(12-22-24-25)14-8-15(11-21-10-14)26-19(27)16(13-6-4-3-5-7-13)9-17(23-26)20(28)29-2/h8-13H,3-7H2,1-2H3. The van der Waals surface area contributed by atoms with E-state index in [1.807, 2.05) is 0 Å². The van der Waals surface area contributed by atoms with Gasteiger partial charge in [0.2, 0.25) is 0 Å². The molecule has 0 radical (unpaired) electrons. The van der Waals surface area contributed by atoms with Crippen molar-refractivity contribution in [3.63, 3.8) is 0 Å². The first kappa shape index (κ1) is 19.0. The predicted molar refractivity (Wildman–Crippen MR) is 105 cm³/mol. The highest BCUT2D eigenvalue weighted by atomic mass is 16.5. The molecule has 29 heavy (non-hydrogen) atoms. The van der Waals surface area contributed by atoms with Gasteiger partial charge in [-0.3, -0.25) is 9.78 Å². The van der Waals surface area contributed by atoms with Crippen molar-refractivity contribution < 1.29 is 9.53 Å². The number of ether oxygens (including phenoxy) is 1. The van der Waals surface area contributed by atoms with Crippen molar-refractivity contribution in [2.45, 2.75) is 38.0 Å². The molecule has 9 heteroatoms. The highest BCUT2D eigenvalue weighted by Crippen LogP contribution is 2.31. The van der Waals surface area contributed by atoms with Crippen LogP contribution in [-0.2, 0) is 11.8 Å². The van der Waals surface area contributed by atoms with E-state index in [4.69, 9.17) is 4.74 Å². The lowest BCUT2D eigenvalue weighted by Gasteiger charge is -2.22. The van der Waals surface area contributed by atoms with Gasteiger partial charge in [0.15, 0.2) is 5.69 Å². The number of pyridine rings is 1. The van der Waals surface area contributed by atoms with Gasteiger partial charge in [0.25, 0.3) is 5.56 Å². The minimum Gasteiger partial charge on any atom is -0.464 e. The first-order valence-electron chi connectivity index (χ1n) is 9.61. The van der Waals surface area contributed by atoms with Crippen LogP contribution in [0.5, 0.6) is 0 Å². The summed E-state index contributed by atoms with van der Waals surface area (Å²) < 4.78 is 7.72. The molecule has 0 saturated heterocycles. The quantitative estimate of drug-likeness (QED) is 0.625. The number of nitrogens with zero attached hydrogens (tertiary/aromatic N) is 6. The molecule has 1 saturated carbocycles. The molecule has 1 aliphatic rings. The monoisotopic (exact) mass is 394 g/mol. The number of carbonyl (C=O) groups excluding carboxylic acids is 1. The minimum absolute atomic E-state index is 0.111. The molecule has 0 aromatic carbocycles. The Labute approximate surface area is 167 Å². The lowest BCUT2D eigenvalue weighted by atomic mass is 9.84. The summed E-state index contributed by atoms with van der Waals surface area (Å²) in [6.07, 6.45) is 10.0. The van der Waals surface area contributed by atoms with Crippen LogP contribution < -0.4 is 5.56 Å². The van der Waals surface area contributed by atoms with Crippen molar-refractivity contribution >= 4 is 5.97 Å². The molecule has 4 rings (SSSR count). The van der Waals surface area contributed by atoms with Gasteiger partial charge in [-0.05, 0) is 30.9 Å². The van der Waals surface area contributed by atoms with Gasteiger partial charge in [-0.25, -0.2) is 9.48 Å². The second-order valence-corrected chi connectivity index (χ2v) is 7.20. The summed E-state index contributed by atoms with van der Waals surface area (Å²) in [6.45, 7) is 0. The second-order valence-electron chi connectivity index (χ2n) is 7.20. The molecular weight excluding hydrogens is 372 g/mol. The molecule has 0 N–H and O–H groups in total. The van der Waals surface area contributed by atoms with Gasteiger partial charge in [-0.1, -0.05) is 24.5 Å². The first-order valence-corrected chi connectivity index (χ1v) is 9.61. The van der Waals surface area contributed by atoms with Gasteiger partial charge < -0.3 is 4.74 Å². The fraction of sp³-hybridized carbons (Fsp3) is 0.400. The Morgan fingerprint density at radius 2 is 1.93 bits per heavy atom. The molecule has 0 amide bonds. The lowest BCUT2D eigenvalue weighted by Crippen LogP contribution is -2.29. The van der Waals surface area contributed by atoms with Crippen molar-refractivity contribution in [3.8, 4) is 16.9 Å². The maximum absolute atomic E-state index is 13.3. The molecule has 0 bridgehead atoms. The number of esters is 1. The van der Waals surface area contributed by atoms with Crippen molar-refractivity contribution in [3.05, 3.63) is 52.3 Å². The van der Waals surface area contributed by atoms with E-state index in [1.54, 1.807) is 42.5 Å². The summed E-state index contributed by atoms with van der Waals surface area (Å²) in [5, 5.41) is 12.1. The number of hydrogen-bond donors (Lipinski definition) is 0. The third-order valence-electron chi connectivity index (χ3n) is 5.36. The Morgan fingerprint density at radius 1 is 1.14 bits per heavy atom. The Kier molecular flexibility index (Phi) is 5.20. The predicted octanol–water partition coefficient (Wildman–Crippen LogP) is 2.26. The number of hydrogen-bond acceptors (Lipinski definition) is 7. The van der Waals surface area contributed by atoms with Crippen LogP contribution in [0.4, 0.5) is 0 Å². The first-order chi connectivity index (χ1) is 14.1. The van der Waals surface area contributed by atoms with Gasteiger partial charge in [-0.2, -0.15) is 9.78 Å². The van der Waals surface area contributed by atoms with E-state index in [2.05, 4.69) is 20.4 Å². The van der Waals surface area contributed by atoms with E-state index in [9.17, 15) is 9.59 Å². The molecule has 3 aromatic heterocycles. The normalized spacial score (nSPS) is 14.7. The van der Waals surface area contributed by atoms with E-state index in [0.717, 1.165) is 36.9 Å². The van der Waals surface area contributed by atoms with Crippen LogP contribution in [0.25, 0.3) is 16.9 Å². The molecule has 0 unspecified atom stereocenters. The van der Waals surface area contributed by atoms with E-state index in [1.165, 1.54) is 18.2 Å². The third kappa shape index (κ3) is 3.67. The summed E-state index contributed by atoms with van der Waals surface area (Å²) in [7, 11) is 3.08. The zero-order valence-corrected chi connectivity index (χ0v) is 16.4. The van der Waals surface area contributed by atoms with Crippen LogP contribution >= 0.6 is 0 Å². The SMILES string of the molecule is COC(=O)c1cc(C2CCCCC2)c(=O)n(-c2cncc(-c3cnnn3C)c2)n1. The highest BCUT2D eigenvalue weighted by molar-refractivity contribution is 5.87. The van der Waals surface area contributed by atoms with E-state index >= 15 is 0 Å². The summed E-state index contributed by atoms with van der Waals surface area (Å²) in [5.74, 6) is -0.456. The molecule has 3 aromatic rings. The fourth-order valence-corrected chi connectivity index (χ4v) is 3.83. The third-order valence-corrected chi connectivity index (χ3v) is 5.36. The average molecular weight is 394 g/mol. The van der Waals surface area contributed by atoms with Crippen LogP contribution in [0, 0.1) is 0 Å². The Morgan fingerprint density at radius 3 is 2.62 bits per heavy atom. The molecule has 1 fully saturated rings. The Balaban J connectivity index is 1.85. The topological polar surface area (TPSA) is 105 Å². The molecule has 9 nitrogen and oxygen atoms in total. The fourth-order valence-electron chi connectivity index (χ4n) is 3.83. The van der Waals surface area contributed by atoms with Gasteiger partial charge in [0.1, 0.15) is 0 Å². The number of methoxy groups -OCH3 is 1. The van der Waals surface area contributed by atoms with Crippen LogP contribution in [0.2, 0.25) is 0 Å². The van der Waals surface area contributed by atoms with Crippen LogP contribution in [0.1, 0.15) is 54.1 Å². The summed E-state index contributed by atoms with van der Waals surface area (Å²) in [6, 6.07) is 3.37. The molecule has 0 aliphatic heterocycles. The number of carbonyl (C=O) groups is 1. The van der Waals surface area contributed by atoms with E-state index < -0.39 is 5.97 Å². The Bertz CT molecular complexity index is 1100. The minimum atomic E-state index is -0.573. The van der Waals surface area contributed by atoms with Crippen molar-refractivity contribution in [1.82, 2.24) is 29.8 Å². The molecule has 1 aliphatic carbocycles. The smallest absolute Gasteiger partial charge is 0.358 e. The van der Waals surface area contributed by atoms with E-state index in [-0.39, 0.29) is 17.2 Å². The van der Waals surface area contributed by atoms with Crippen LogP contribution in [0.15, 0.2) is 35.5 Å². The molecule has 150 valence electrons. The average Bonchev–Trinajstić information content (AvgIpc) is 3.20. The highest BCUT2D eigenvalue weighted by Gasteiger charge is 2.23. The van der Waals surface area contributed by atoms with Crippen molar-refractivity contribution in [2.75, 3.05) is 7.11 Å². The molecule has 0 atom stereocenters. The number of aromatic nitrogens is 6. The molecule has 0 spiro atoms. The second kappa shape index (κ2) is 7.94.